The van der Waals surface area contributed by atoms with Gasteiger partial charge in [0.25, 0.3) is 0 Å². The van der Waals surface area contributed by atoms with E-state index in [2.05, 4.69) is 27.7 Å². The molecule has 2 heteroatoms. The second kappa shape index (κ2) is 4.38. The summed E-state index contributed by atoms with van der Waals surface area (Å²) in [7, 11) is 0. The molecule has 2 rings (SSSR count). The van der Waals surface area contributed by atoms with Crippen LogP contribution in [-0.2, 0) is 4.74 Å². The van der Waals surface area contributed by atoms with Crippen LogP contribution in [0.15, 0.2) is 4.99 Å². The van der Waals surface area contributed by atoms with Crippen LogP contribution in [0.1, 0.15) is 59.8 Å². The van der Waals surface area contributed by atoms with E-state index in [1.54, 1.807) is 0 Å². The first-order valence-electron chi connectivity index (χ1n) is 6.78. The highest BCUT2D eigenvalue weighted by Crippen LogP contribution is 2.42. The lowest BCUT2D eigenvalue weighted by Gasteiger charge is -2.45. The zero-order valence-electron chi connectivity index (χ0n) is 11.1. The highest BCUT2D eigenvalue weighted by atomic mass is 16.5. The third-order valence-corrected chi connectivity index (χ3v) is 4.13. The average Bonchev–Trinajstić information content (AvgIpc) is 2.15. The van der Waals surface area contributed by atoms with Gasteiger partial charge in [-0.1, -0.05) is 20.3 Å². The van der Waals surface area contributed by atoms with Crippen molar-refractivity contribution in [3.05, 3.63) is 0 Å². The van der Waals surface area contributed by atoms with Crippen molar-refractivity contribution in [2.45, 2.75) is 71.4 Å². The summed E-state index contributed by atoms with van der Waals surface area (Å²) < 4.78 is 6.09. The van der Waals surface area contributed by atoms with E-state index in [0.717, 1.165) is 24.7 Å². The average molecular weight is 223 g/mol. The van der Waals surface area contributed by atoms with Crippen LogP contribution in [-0.4, -0.2) is 17.5 Å². The summed E-state index contributed by atoms with van der Waals surface area (Å²) in [6.07, 6.45) is 6.39. The van der Waals surface area contributed by atoms with Crippen molar-refractivity contribution in [3.8, 4) is 0 Å². The van der Waals surface area contributed by atoms with E-state index in [-0.39, 0.29) is 5.54 Å². The number of rotatable bonds is 2. The van der Waals surface area contributed by atoms with Gasteiger partial charge in [0.1, 0.15) is 6.10 Å². The van der Waals surface area contributed by atoms with E-state index in [1.807, 2.05) is 0 Å². The van der Waals surface area contributed by atoms with Crippen LogP contribution in [0, 0.1) is 11.8 Å². The summed E-state index contributed by atoms with van der Waals surface area (Å²) in [5.74, 6) is 2.45. The first kappa shape index (κ1) is 11.9. The fourth-order valence-corrected chi connectivity index (χ4v) is 3.20. The van der Waals surface area contributed by atoms with Crippen LogP contribution in [0.5, 0.6) is 0 Å². The summed E-state index contributed by atoms with van der Waals surface area (Å²) in [6.45, 7) is 9.09. The van der Waals surface area contributed by atoms with E-state index in [9.17, 15) is 0 Å². The SMILES string of the molecule is CCCC1=NC(C)(C)C2CCC(C)CC2O1. The lowest BCUT2D eigenvalue weighted by atomic mass is 9.71. The van der Waals surface area contributed by atoms with E-state index in [0.29, 0.717) is 12.0 Å². The fourth-order valence-electron chi connectivity index (χ4n) is 3.20. The summed E-state index contributed by atoms with van der Waals surface area (Å²) >= 11 is 0. The molecule has 3 unspecified atom stereocenters. The predicted molar refractivity (Wildman–Crippen MR) is 67.8 cm³/mol. The van der Waals surface area contributed by atoms with Gasteiger partial charge in [-0.15, -0.1) is 0 Å². The smallest absolute Gasteiger partial charge is 0.184 e. The standard InChI is InChI=1S/C14H25NO/c1-5-6-13-15-14(3,4)11-8-7-10(2)9-12(11)16-13/h10-12H,5-9H2,1-4H3. The maximum absolute atomic E-state index is 6.09. The molecular weight excluding hydrogens is 198 g/mol. The Hall–Kier alpha value is -0.530. The van der Waals surface area contributed by atoms with E-state index < -0.39 is 0 Å². The Bertz CT molecular complexity index is 282. The number of hydrogen-bond acceptors (Lipinski definition) is 2. The van der Waals surface area contributed by atoms with Gasteiger partial charge in [0, 0.05) is 12.3 Å². The molecule has 0 aromatic carbocycles. The number of ether oxygens (including phenoxy) is 1. The lowest BCUT2D eigenvalue weighted by Crippen LogP contribution is -2.48. The summed E-state index contributed by atoms with van der Waals surface area (Å²) in [4.78, 5) is 4.81. The monoisotopic (exact) mass is 223 g/mol. The Morgan fingerprint density at radius 2 is 2.12 bits per heavy atom. The molecule has 0 aromatic heterocycles. The molecule has 2 aliphatic rings. The van der Waals surface area contributed by atoms with Crippen LogP contribution in [0.3, 0.4) is 0 Å². The number of aliphatic imine (C=N–C) groups is 1. The van der Waals surface area contributed by atoms with Gasteiger partial charge in [-0.05, 0) is 39.0 Å². The van der Waals surface area contributed by atoms with E-state index in [1.165, 1.54) is 19.3 Å². The molecule has 0 radical (unpaired) electrons. The molecule has 3 atom stereocenters. The quantitative estimate of drug-likeness (QED) is 0.697. The number of fused-ring (bicyclic) bond motifs is 1. The molecule has 1 aliphatic carbocycles. The highest BCUT2D eigenvalue weighted by Gasteiger charge is 2.43. The summed E-state index contributed by atoms with van der Waals surface area (Å²) in [5.41, 5.74) is 0.0908. The minimum absolute atomic E-state index is 0.0908. The van der Waals surface area contributed by atoms with Crippen molar-refractivity contribution >= 4 is 5.90 Å². The predicted octanol–water partition coefficient (Wildman–Crippen LogP) is 3.80. The molecule has 1 aliphatic heterocycles. The van der Waals surface area contributed by atoms with Gasteiger partial charge in [-0.25, -0.2) is 4.99 Å². The second-order valence-electron chi connectivity index (χ2n) is 6.09. The number of hydrogen-bond donors (Lipinski definition) is 0. The van der Waals surface area contributed by atoms with Gasteiger partial charge < -0.3 is 4.74 Å². The molecule has 92 valence electrons. The number of nitrogens with zero attached hydrogens (tertiary/aromatic N) is 1. The molecule has 0 spiro atoms. The van der Waals surface area contributed by atoms with Crippen LogP contribution < -0.4 is 0 Å². The van der Waals surface area contributed by atoms with Crippen molar-refractivity contribution in [2.75, 3.05) is 0 Å². The molecule has 0 aromatic rings. The molecule has 0 bridgehead atoms. The third kappa shape index (κ3) is 2.26. The van der Waals surface area contributed by atoms with Crippen LogP contribution in [0.4, 0.5) is 0 Å². The van der Waals surface area contributed by atoms with Crippen LogP contribution >= 0.6 is 0 Å². The molecule has 0 saturated heterocycles. The first-order valence-corrected chi connectivity index (χ1v) is 6.78. The van der Waals surface area contributed by atoms with Gasteiger partial charge in [-0.2, -0.15) is 0 Å². The van der Waals surface area contributed by atoms with E-state index >= 15 is 0 Å². The lowest BCUT2D eigenvalue weighted by molar-refractivity contribution is 0.00579. The fraction of sp³-hybridized carbons (Fsp3) is 0.929. The molecular formula is C14H25NO. The summed E-state index contributed by atoms with van der Waals surface area (Å²) in [6, 6.07) is 0. The van der Waals surface area contributed by atoms with Gasteiger partial charge in [0.15, 0.2) is 5.90 Å². The largest absolute Gasteiger partial charge is 0.477 e. The third-order valence-electron chi connectivity index (χ3n) is 4.13. The molecule has 1 heterocycles. The van der Waals surface area contributed by atoms with Crippen LogP contribution in [0.25, 0.3) is 0 Å². The van der Waals surface area contributed by atoms with Gasteiger partial charge in [0.05, 0.1) is 5.54 Å². The zero-order valence-corrected chi connectivity index (χ0v) is 11.1. The van der Waals surface area contributed by atoms with Crippen molar-refractivity contribution in [1.29, 1.82) is 0 Å². The minimum atomic E-state index is 0.0908. The second-order valence-corrected chi connectivity index (χ2v) is 6.09. The molecule has 1 saturated carbocycles. The molecule has 16 heavy (non-hydrogen) atoms. The molecule has 2 nitrogen and oxygen atoms in total. The van der Waals surface area contributed by atoms with Gasteiger partial charge >= 0.3 is 0 Å². The first-order chi connectivity index (χ1) is 7.53. The van der Waals surface area contributed by atoms with Crippen molar-refractivity contribution in [1.82, 2.24) is 0 Å². The minimum Gasteiger partial charge on any atom is -0.477 e. The Balaban J connectivity index is 2.16. The highest BCUT2D eigenvalue weighted by molar-refractivity contribution is 5.77. The van der Waals surface area contributed by atoms with E-state index in [4.69, 9.17) is 9.73 Å². The van der Waals surface area contributed by atoms with Crippen molar-refractivity contribution in [3.63, 3.8) is 0 Å². The Kier molecular flexibility index (Phi) is 3.27. The molecule has 1 fully saturated rings. The topological polar surface area (TPSA) is 21.6 Å². The Morgan fingerprint density at radius 3 is 2.81 bits per heavy atom. The normalized spacial score (nSPS) is 37.2. The Labute approximate surface area is 99.5 Å². The Morgan fingerprint density at radius 1 is 1.38 bits per heavy atom. The zero-order chi connectivity index (χ0) is 11.8. The van der Waals surface area contributed by atoms with Gasteiger partial charge in [0.2, 0.25) is 0 Å². The summed E-state index contributed by atoms with van der Waals surface area (Å²) in [5, 5.41) is 0. The van der Waals surface area contributed by atoms with Crippen molar-refractivity contribution in [2.24, 2.45) is 16.8 Å². The van der Waals surface area contributed by atoms with Crippen molar-refractivity contribution < 1.29 is 4.74 Å². The molecule has 0 N–H and O–H groups in total. The van der Waals surface area contributed by atoms with Gasteiger partial charge in [-0.3, -0.25) is 0 Å². The maximum atomic E-state index is 6.09. The molecule has 0 amide bonds. The van der Waals surface area contributed by atoms with Crippen LogP contribution in [0.2, 0.25) is 0 Å². The maximum Gasteiger partial charge on any atom is 0.184 e.